The fraction of sp³-hybridized carbons (Fsp3) is 0.444. The minimum absolute atomic E-state index is 0.0237. The number of benzene rings is 3. The van der Waals surface area contributed by atoms with Crippen molar-refractivity contribution < 1.29 is 19.4 Å². The molecule has 0 heterocycles. The third-order valence-electron chi connectivity index (χ3n) is 7.19. The lowest BCUT2D eigenvalue weighted by Crippen LogP contribution is -2.27. The first-order valence-corrected chi connectivity index (χ1v) is 16.3. The molecule has 0 aliphatic carbocycles. The summed E-state index contributed by atoms with van der Waals surface area (Å²) in [5.41, 5.74) is 3.78. The van der Waals surface area contributed by atoms with Gasteiger partial charge in [0.2, 0.25) is 0 Å². The Bertz CT molecular complexity index is 1370. The smallest absolute Gasteiger partial charge is 0.305 e. The molecular formula is C36H46N6O4. The Morgan fingerprint density at radius 2 is 1.15 bits per heavy atom. The molecule has 0 bridgehead atoms. The van der Waals surface area contributed by atoms with Crippen molar-refractivity contribution in [3.8, 4) is 11.8 Å². The van der Waals surface area contributed by atoms with Crippen molar-refractivity contribution in [1.29, 1.82) is 5.26 Å². The van der Waals surface area contributed by atoms with Gasteiger partial charge < -0.3 is 19.5 Å². The lowest BCUT2D eigenvalue weighted by atomic mass is 10.1. The zero-order valence-corrected chi connectivity index (χ0v) is 26.9. The summed E-state index contributed by atoms with van der Waals surface area (Å²) < 4.78 is 11.0. The number of aliphatic hydroxyl groups is 1. The first kappa shape index (κ1) is 35.9. The van der Waals surface area contributed by atoms with Crippen LogP contribution in [0.25, 0.3) is 0 Å². The number of carbonyl (C=O) groups is 1. The highest BCUT2D eigenvalue weighted by atomic mass is 16.5. The summed E-state index contributed by atoms with van der Waals surface area (Å²) in [6.07, 6.45) is 9.97. The summed E-state index contributed by atoms with van der Waals surface area (Å²) in [7, 11) is 0. The van der Waals surface area contributed by atoms with E-state index in [1.54, 1.807) is 0 Å². The molecular weight excluding hydrogens is 580 g/mol. The fourth-order valence-corrected chi connectivity index (χ4v) is 4.57. The predicted octanol–water partition coefficient (Wildman–Crippen LogP) is 9.68. The van der Waals surface area contributed by atoms with E-state index >= 15 is 0 Å². The first-order valence-electron chi connectivity index (χ1n) is 16.3. The predicted molar refractivity (Wildman–Crippen MR) is 181 cm³/mol. The van der Waals surface area contributed by atoms with Gasteiger partial charge in [-0.2, -0.15) is 25.7 Å². The molecule has 0 aliphatic heterocycles. The van der Waals surface area contributed by atoms with Gasteiger partial charge in [0.1, 0.15) is 5.75 Å². The van der Waals surface area contributed by atoms with Crippen molar-refractivity contribution >= 4 is 34.4 Å². The van der Waals surface area contributed by atoms with Crippen molar-refractivity contribution in [3.05, 3.63) is 72.8 Å². The first-order chi connectivity index (χ1) is 22.6. The van der Waals surface area contributed by atoms with Crippen molar-refractivity contribution in [1.82, 2.24) is 0 Å². The van der Waals surface area contributed by atoms with Crippen LogP contribution in [-0.4, -0.2) is 44.0 Å². The van der Waals surface area contributed by atoms with E-state index in [1.165, 1.54) is 25.7 Å². The number of anilines is 1. The molecule has 1 N–H and O–H groups in total. The van der Waals surface area contributed by atoms with Crippen LogP contribution >= 0.6 is 0 Å². The number of aliphatic hydroxyl groups excluding tert-OH is 1. The molecule has 0 spiro atoms. The molecule has 0 saturated heterocycles. The van der Waals surface area contributed by atoms with Crippen molar-refractivity contribution in [2.75, 3.05) is 37.8 Å². The molecule has 46 heavy (non-hydrogen) atoms. The van der Waals surface area contributed by atoms with Gasteiger partial charge in [0.05, 0.1) is 55.1 Å². The van der Waals surface area contributed by atoms with Gasteiger partial charge >= 0.3 is 5.97 Å². The van der Waals surface area contributed by atoms with E-state index < -0.39 is 0 Å². The fourth-order valence-electron chi connectivity index (χ4n) is 4.57. The van der Waals surface area contributed by atoms with Crippen LogP contribution in [0.4, 0.5) is 28.4 Å². The van der Waals surface area contributed by atoms with Gasteiger partial charge in [0.25, 0.3) is 0 Å². The second-order valence-corrected chi connectivity index (χ2v) is 10.8. The molecule has 244 valence electrons. The molecule has 0 saturated carbocycles. The molecule has 10 heteroatoms. The third kappa shape index (κ3) is 14.4. The highest BCUT2D eigenvalue weighted by molar-refractivity contribution is 5.68. The maximum atomic E-state index is 11.1. The summed E-state index contributed by atoms with van der Waals surface area (Å²) in [5.74, 6) is 0.718. The largest absolute Gasteiger partial charge is 0.494 e. The van der Waals surface area contributed by atoms with E-state index in [-0.39, 0.29) is 12.6 Å². The van der Waals surface area contributed by atoms with Crippen LogP contribution in [0.15, 0.2) is 93.3 Å². The lowest BCUT2D eigenvalue weighted by molar-refractivity contribution is -0.143. The molecule has 0 aromatic heterocycles. The second kappa shape index (κ2) is 22.0. The van der Waals surface area contributed by atoms with E-state index in [0.717, 1.165) is 42.8 Å². The van der Waals surface area contributed by atoms with Crippen LogP contribution in [0.2, 0.25) is 0 Å². The molecule has 0 radical (unpaired) electrons. The Morgan fingerprint density at radius 3 is 1.63 bits per heavy atom. The minimum atomic E-state index is -0.109. The zero-order chi connectivity index (χ0) is 32.7. The number of ether oxygens (including phenoxy) is 2. The van der Waals surface area contributed by atoms with E-state index in [2.05, 4.69) is 26.5 Å². The molecule has 0 amide bonds. The number of azo groups is 2. The Labute approximate surface area is 272 Å². The molecule has 0 atom stereocenters. The van der Waals surface area contributed by atoms with Crippen molar-refractivity contribution in [3.63, 3.8) is 0 Å². The standard InChI is InChI=1S/C36H46N6O4/c1-2-36(44)46-29-10-8-6-4-3-5-7-9-28-45-35-22-18-33(19-23-35)41-39-31-14-12-30(13-15-31)38-40-32-16-20-34(21-17-32)42(26-27-43)25-11-24-37/h12-23,43H,2-11,25-29H2,1H3. The van der Waals surface area contributed by atoms with Gasteiger partial charge in [-0.25, -0.2) is 0 Å². The monoisotopic (exact) mass is 626 g/mol. The summed E-state index contributed by atoms with van der Waals surface area (Å²) in [6, 6.07) is 24.6. The van der Waals surface area contributed by atoms with Crippen LogP contribution in [0.5, 0.6) is 5.75 Å². The van der Waals surface area contributed by atoms with Crippen LogP contribution < -0.4 is 9.64 Å². The van der Waals surface area contributed by atoms with Crippen LogP contribution in [0, 0.1) is 11.3 Å². The molecule has 3 aromatic carbocycles. The number of carbonyl (C=O) groups excluding carboxylic acids is 1. The second-order valence-electron chi connectivity index (χ2n) is 10.8. The van der Waals surface area contributed by atoms with Gasteiger partial charge in [0, 0.05) is 25.2 Å². The number of esters is 1. The Balaban J connectivity index is 1.31. The topological polar surface area (TPSA) is 132 Å². The van der Waals surface area contributed by atoms with E-state index in [9.17, 15) is 9.90 Å². The zero-order valence-electron chi connectivity index (χ0n) is 26.9. The van der Waals surface area contributed by atoms with Gasteiger partial charge in [-0.3, -0.25) is 4.79 Å². The maximum absolute atomic E-state index is 11.1. The summed E-state index contributed by atoms with van der Waals surface area (Å²) in [6.45, 7) is 4.12. The van der Waals surface area contributed by atoms with Crippen LogP contribution in [0.1, 0.15) is 71.1 Å². The molecule has 3 rings (SSSR count). The van der Waals surface area contributed by atoms with Gasteiger partial charge in [-0.15, -0.1) is 0 Å². The molecule has 0 unspecified atom stereocenters. The molecule has 0 aliphatic rings. The van der Waals surface area contributed by atoms with E-state index in [1.807, 2.05) is 84.6 Å². The van der Waals surface area contributed by atoms with E-state index in [0.29, 0.717) is 56.2 Å². The Hall–Kier alpha value is -4.62. The minimum Gasteiger partial charge on any atom is -0.494 e. The Morgan fingerprint density at radius 1 is 0.696 bits per heavy atom. The van der Waals surface area contributed by atoms with Gasteiger partial charge in [-0.1, -0.05) is 45.4 Å². The van der Waals surface area contributed by atoms with Crippen molar-refractivity contribution in [2.45, 2.75) is 71.1 Å². The Kier molecular flexibility index (Phi) is 17.1. The number of nitrogens with zero attached hydrogens (tertiary/aromatic N) is 6. The summed E-state index contributed by atoms with van der Waals surface area (Å²) in [5, 5.41) is 35.4. The van der Waals surface area contributed by atoms with Crippen molar-refractivity contribution in [2.24, 2.45) is 20.5 Å². The number of unbranched alkanes of at least 4 members (excludes halogenated alkanes) is 7. The normalized spacial score (nSPS) is 11.2. The molecule has 10 nitrogen and oxygen atoms in total. The van der Waals surface area contributed by atoms with Crippen LogP contribution in [-0.2, 0) is 9.53 Å². The van der Waals surface area contributed by atoms with Gasteiger partial charge in [-0.05, 0) is 85.6 Å². The maximum Gasteiger partial charge on any atom is 0.305 e. The highest BCUT2D eigenvalue weighted by Crippen LogP contribution is 2.26. The molecule has 3 aromatic rings. The third-order valence-corrected chi connectivity index (χ3v) is 7.19. The average Bonchev–Trinajstić information content (AvgIpc) is 3.09. The average molecular weight is 627 g/mol. The van der Waals surface area contributed by atoms with Gasteiger partial charge in [0.15, 0.2) is 0 Å². The SMILES string of the molecule is CCC(=O)OCCCCCCCCCCOc1ccc(N=Nc2ccc(N=Nc3ccc(N(CCO)CCC#N)cc3)cc2)cc1. The van der Waals surface area contributed by atoms with E-state index in [4.69, 9.17) is 14.7 Å². The highest BCUT2D eigenvalue weighted by Gasteiger charge is 2.06. The number of nitriles is 1. The van der Waals surface area contributed by atoms with Crippen LogP contribution in [0.3, 0.4) is 0 Å². The summed E-state index contributed by atoms with van der Waals surface area (Å²) >= 11 is 0. The number of hydrogen-bond acceptors (Lipinski definition) is 10. The lowest BCUT2D eigenvalue weighted by Gasteiger charge is -2.22. The quantitative estimate of drug-likeness (QED) is 0.0671. The summed E-state index contributed by atoms with van der Waals surface area (Å²) in [4.78, 5) is 13.1. The number of hydrogen-bond donors (Lipinski definition) is 1. The molecule has 0 fully saturated rings. The number of rotatable bonds is 22.